The molecule has 1 saturated heterocycles. The fourth-order valence-electron chi connectivity index (χ4n) is 3.58. The number of piperidine rings is 1. The number of carbonyl (C=O) groups excluding carboxylic acids is 1. The maximum atomic E-state index is 13.4. The first-order chi connectivity index (χ1) is 13.1. The number of aromatic nitrogens is 5. The smallest absolute Gasteiger partial charge is 0.253 e. The van der Waals surface area contributed by atoms with E-state index in [9.17, 15) is 9.18 Å². The van der Waals surface area contributed by atoms with E-state index in [0.717, 1.165) is 24.5 Å². The molecule has 0 radical (unpaired) electrons. The number of rotatable bonds is 4. The standard InChI is InChI=1S/C19H21FN6O/c1-24-17(13-26-10-4-8-21-26)22-23-18(24)15-6-3-9-25(12-15)19(27)14-5-2-7-16(20)11-14/h2,4-5,7-8,10-11,15H,3,6,9,12-13H2,1H3/t15-/m1/s1. The Morgan fingerprint density at radius 2 is 2.19 bits per heavy atom. The monoisotopic (exact) mass is 368 g/mol. The van der Waals surface area contributed by atoms with Gasteiger partial charge in [0.25, 0.3) is 5.91 Å². The third-order valence-electron chi connectivity index (χ3n) is 5.01. The van der Waals surface area contributed by atoms with E-state index in [2.05, 4.69) is 15.3 Å². The summed E-state index contributed by atoms with van der Waals surface area (Å²) < 4.78 is 17.2. The quantitative estimate of drug-likeness (QED) is 0.708. The van der Waals surface area contributed by atoms with E-state index < -0.39 is 5.82 Å². The van der Waals surface area contributed by atoms with Gasteiger partial charge in [0.05, 0.1) is 0 Å². The molecule has 0 saturated carbocycles. The molecule has 2 aromatic heterocycles. The molecular formula is C19H21FN6O. The summed E-state index contributed by atoms with van der Waals surface area (Å²) in [5.41, 5.74) is 0.382. The lowest BCUT2D eigenvalue weighted by Crippen LogP contribution is -2.39. The Morgan fingerprint density at radius 3 is 2.96 bits per heavy atom. The number of hydrogen-bond donors (Lipinski definition) is 0. The summed E-state index contributed by atoms with van der Waals surface area (Å²) in [6, 6.07) is 7.72. The number of likely N-dealkylation sites (tertiary alicyclic amines) is 1. The number of hydrogen-bond acceptors (Lipinski definition) is 4. The highest BCUT2D eigenvalue weighted by atomic mass is 19.1. The summed E-state index contributed by atoms with van der Waals surface area (Å²) >= 11 is 0. The van der Waals surface area contributed by atoms with E-state index in [4.69, 9.17) is 0 Å². The molecule has 0 aliphatic carbocycles. The van der Waals surface area contributed by atoms with Crippen molar-refractivity contribution in [2.24, 2.45) is 7.05 Å². The molecule has 27 heavy (non-hydrogen) atoms. The van der Waals surface area contributed by atoms with Crippen LogP contribution < -0.4 is 0 Å². The SMILES string of the molecule is Cn1c(Cn2cccn2)nnc1[C@@H]1CCCN(C(=O)c2cccc(F)c2)C1. The molecule has 140 valence electrons. The normalized spacial score (nSPS) is 17.3. The Hall–Kier alpha value is -3.03. The third-order valence-corrected chi connectivity index (χ3v) is 5.01. The molecule has 7 nitrogen and oxygen atoms in total. The molecule has 8 heteroatoms. The van der Waals surface area contributed by atoms with Crippen molar-refractivity contribution in [2.75, 3.05) is 13.1 Å². The molecule has 3 heterocycles. The second-order valence-electron chi connectivity index (χ2n) is 6.84. The van der Waals surface area contributed by atoms with Crippen molar-refractivity contribution >= 4 is 5.91 Å². The van der Waals surface area contributed by atoms with Crippen LogP contribution in [-0.2, 0) is 13.6 Å². The van der Waals surface area contributed by atoms with Crippen molar-refractivity contribution in [3.05, 3.63) is 65.8 Å². The van der Waals surface area contributed by atoms with Gasteiger partial charge in [-0.15, -0.1) is 10.2 Å². The largest absolute Gasteiger partial charge is 0.338 e. The van der Waals surface area contributed by atoms with Crippen LogP contribution in [0.1, 0.15) is 40.8 Å². The highest BCUT2D eigenvalue weighted by Gasteiger charge is 2.29. The first kappa shape index (κ1) is 17.4. The molecule has 4 rings (SSSR count). The van der Waals surface area contributed by atoms with Crippen LogP contribution in [0.4, 0.5) is 4.39 Å². The van der Waals surface area contributed by atoms with Gasteiger partial charge in [-0.05, 0) is 37.1 Å². The van der Waals surface area contributed by atoms with Crippen molar-refractivity contribution in [2.45, 2.75) is 25.3 Å². The predicted octanol–water partition coefficient (Wildman–Crippen LogP) is 2.22. The van der Waals surface area contributed by atoms with E-state index in [1.165, 1.54) is 12.1 Å². The minimum Gasteiger partial charge on any atom is -0.338 e. The predicted molar refractivity (Wildman–Crippen MR) is 96.6 cm³/mol. The zero-order valence-corrected chi connectivity index (χ0v) is 15.1. The molecule has 1 aromatic carbocycles. The Morgan fingerprint density at radius 1 is 1.30 bits per heavy atom. The molecule has 0 spiro atoms. The average molecular weight is 368 g/mol. The minimum absolute atomic E-state index is 0.111. The summed E-state index contributed by atoms with van der Waals surface area (Å²) in [7, 11) is 1.95. The van der Waals surface area contributed by atoms with Gasteiger partial charge in [-0.3, -0.25) is 9.48 Å². The summed E-state index contributed by atoms with van der Waals surface area (Å²) in [5, 5.41) is 12.9. The van der Waals surface area contributed by atoms with Gasteiger partial charge < -0.3 is 9.47 Å². The zero-order valence-electron chi connectivity index (χ0n) is 15.1. The van der Waals surface area contributed by atoms with Crippen molar-refractivity contribution in [1.29, 1.82) is 0 Å². The summed E-state index contributed by atoms with van der Waals surface area (Å²) in [6.45, 7) is 1.78. The molecule has 1 aliphatic heterocycles. The van der Waals surface area contributed by atoms with Crippen molar-refractivity contribution in [3.63, 3.8) is 0 Å². The fourth-order valence-corrected chi connectivity index (χ4v) is 3.58. The van der Waals surface area contributed by atoms with Crippen LogP contribution in [0.5, 0.6) is 0 Å². The second kappa shape index (κ2) is 7.30. The second-order valence-corrected chi connectivity index (χ2v) is 6.84. The molecule has 1 aliphatic rings. The lowest BCUT2D eigenvalue weighted by Gasteiger charge is -2.32. The van der Waals surface area contributed by atoms with Crippen LogP contribution in [0.15, 0.2) is 42.7 Å². The van der Waals surface area contributed by atoms with Crippen LogP contribution in [0.25, 0.3) is 0 Å². The molecule has 1 amide bonds. The average Bonchev–Trinajstić information content (AvgIpc) is 3.32. The van der Waals surface area contributed by atoms with Crippen LogP contribution in [0.3, 0.4) is 0 Å². The number of amides is 1. The molecule has 1 fully saturated rings. The Kier molecular flexibility index (Phi) is 4.70. The van der Waals surface area contributed by atoms with Gasteiger partial charge in [-0.1, -0.05) is 6.07 Å². The molecule has 0 unspecified atom stereocenters. The van der Waals surface area contributed by atoms with E-state index in [1.54, 1.807) is 27.9 Å². The molecular weight excluding hydrogens is 347 g/mol. The fraction of sp³-hybridized carbons (Fsp3) is 0.368. The number of nitrogens with zero attached hydrogens (tertiary/aromatic N) is 6. The summed E-state index contributed by atoms with van der Waals surface area (Å²) in [5.74, 6) is 1.26. The van der Waals surface area contributed by atoms with Gasteiger partial charge in [-0.25, -0.2) is 4.39 Å². The molecule has 1 atom stereocenters. The van der Waals surface area contributed by atoms with Gasteiger partial charge in [0.2, 0.25) is 0 Å². The van der Waals surface area contributed by atoms with Gasteiger partial charge >= 0.3 is 0 Å². The van der Waals surface area contributed by atoms with Crippen molar-refractivity contribution in [1.82, 2.24) is 29.4 Å². The summed E-state index contributed by atoms with van der Waals surface area (Å²) in [4.78, 5) is 14.5. The highest BCUT2D eigenvalue weighted by molar-refractivity contribution is 5.94. The number of carbonyl (C=O) groups is 1. The van der Waals surface area contributed by atoms with Gasteiger partial charge in [-0.2, -0.15) is 5.10 Å². The van der Waals surface area contributed by atoms with Gasteiger partial charge in [0, 0.05) is 44.0 Å². The van der Waals surface area contributed by atoms with Crippen molar-refractivity contribution < 1.29 is 9.18 Å². The van der Waals surface area contributed by atoms with E-state index in [0.29, 0.717) is 25.2 Å². The number of halogens is 1. The Labute approximate surface area is 156 Å². The van der Waals surface area contributed by atoms with Crippen LogP contribution in [0, 0.1) is 5.82 Å². The molecule has 0 N–H and O–H groups in total. The van der Waals surface area contributed by atoms with Crippen LogP contribution in [-0.4, -0.2) is 48.4 Å². The van der Waals surface area contributed by atoms with Crippen LogP contribution in [0.2, 0.25) is 0 Å². The maximum absolute atomic E-state index is 13.4. The Bertz CT molecular complexity index is 936. The topological polar surface area (TPSA) is 68.8 Å². The highest BCUT2D eigenvalue weighted by Crippen LogP contribution is 2.27. The maximum Gasteiger partial charge on any atom is 0.253 e. The molecule has 3 aromatic rings. The minimum atomic E-state index is -0.397. The van der Waals surface area contributed by atoms with E-state index >= 15 is 0 Å². The lowest BCUT2D eigenvalue weighted by atomic mass is 9.96. The van der Waals surface area contributed by atoms with Gasteiger partial charge in [0.15, 0.2) is 5.82 Å². The van der Waals surface area contributed by atoms with Crippen molar-refractivity contribution in [3.8, 4) is 0 Å². The zero-order chi connectivity index (χ0) is 18.8. The van der Waals surface area contributed by atoms with E-state index in [-0.39, 0.29) is 11.8 Å². The first-order valence-corrected chi connectivity index (χ1v) is 9.02. The molecule has 0 bridgehead atoms. The number of benzene rings is 1. The summed E-state index contributed by atoms with van der Waals surface area (Å²) in [6.07, 6.45) is 5.44. The van der Waals surface area contributed by atoms with E-state index in [1.807, 2.05) is 23.9 Å². The Balaban J connectivity index is 1.50. The first-order valence-electron chi connectivity index (χ1n) is 9.02. The third kappa shape index (κ3) is 3.60. The van der Waals surface area contributed by atoms with Crippen LogP contribution >= 0.6 is 0 Å². The lowest BCUT2D eigenvalue weighted by molar-refractivity contribution is 0.0703. The van der Waals surface area contributed by atoms with Gasteiger partial charge in [0.1, 0.15) is 18.2 Å².